The predicted molar refractivity (Wildman–Crippen MR) is 51.8 cm³/mol. The van der Waals surface area contributed by atoms with E-state index in [4.69, 9.17) is 10.2 Å². The molecular formula is C8H13BrN2O. The summed E-state index contributed by atoms with van der Waals surface area (Å²) < 4.78 is 6.06. The first-order valence-electron chi connectivity index (χ1n) is 3.90. The van der Waals surface area contributed by atoms with Gasteiger partial charge in [-0.2, -0.15) is 0 Å². The van der Waals surface area contributed by atoms with Crippen molar-refractivity contribution in [1.82, 2.24) is 5.32 Å². The zero-order valence-corrected chi connectivity index (χ0v) is 8.60. The molecule has 0 spiro atoms. The van der Waals surface area contributed by atoms with Gasteiger partial charge >= 0.3 is 0 Å². The molecule has 0 bridgehead atoms. The Morgan fingerprint density at radius 3 is 2.92 bits per heavy atom. The van der Waals surface area contributed by atoms with Gasteiger partial charge in [-0.15, -0.1) is 0 Å². The smallest absolute Gasteiger partial charge is 0.169 e. The molecule has 1 aromatic heterocycles. The summed E-state index contributed by atoms with van der Waals surface area (Å²) in [5, 5.41) is 3.22. The molecule has 1 aromatic rings. The first kappa shape index (κ1) is 9.77. The van der Waals surface area contributed by atoms with E-state index in [9.17, 15) is 0 Å². The lowest BCUT2D eigenvalue weighted by Crippen LogP contribution is -2.32. The molecule has 4 heteroatoms. The van der Waals surface area contributed by atoms with Crippen molar-refractivity contribution >= 4 is 15.9 Å². The van der Waals surface area contributed by atoms with Crippen molar-refractivity contribution in [3.63, 3.8) is 0 Å². The van der Waals surface area contributed by atoms with Crippen LogP contribution in [0, 0.1) is 0 Å². The molecule has 0 unspecified atom stereocenters. The fraction of sp³-hybridized carbons (Fsp3) is 0.500. The molecule has 0 radical (unpaired) electrons. The zero-order valence-electron chi connectivity index (χ0n) is 7.01. The summed E-state index contributed by atoms with van der Waals surface area (Å²) >= 11 is 3.24. The van der Waals surface area contributed by atoms with Gasteiger partial charge in [-0.25, -0.2) is 0 Å². The van der Waals surface area contributed by atoms with Crippen molar-refractivity contribution in [2.24, 2.45) is 5.73 Å². The second kappa shape index (κ2) is 4.64. The van der Waals surface area contributed by atoms with E-state index in [1.165, 1.54) is 0 Å². The van der Waals surface area contributed by atoms with Crippen molar-refractivity contribution in [2.75, 3.05) is 6.54 Å². The number of rotatable bonds is 4. The van der Waals surface area contributed by atoms with Crippen LogP contribution in [-0.2, 0) is 6.54 Å². The maximum Gasteiger partial charge on any atom is 0.169 e. The van der Waals surface area contributed by atoms with Gasteiger partial charge in [-0.3, -0.25) is 0 Å². The molecule has 3 nitrogen and oxygen atoms in total. The van der Waals surface area contributed by atoms with Crippen molar-refractivity contribution in [3.05, 3.63) is 22.6 Å². The summed E-state index contributed by atoms with van der Waals surface area (Å²) in [6, 6.07) is 4.14. The Kier molecular flexibility index (Phi) is 3.78. The molecule has 3 N–H and O–H groups in total. The van der Waals surface area contributed by atoms with Crippen LogP contribution in [0.2, 0.25) is 0 Å². The van der Waals surface area contributed by atoms with E-state index in [1.807, 2.05) is 19.1 Å². The van der Waals surface area contributed by atoms with E-state index in [0.717, 1.165) is 17.0 Å². The Morgan fingerprint density at radius 2 is 2.42 bits per heavy atom. The number of nitrogens with one attached hydrogen (secondary N) is 1. The van der Waals surface area contributed by atoms with Gasteiger partial charge in [0.05, 0.1) is 6.54 Å². The lowest BCUT2D eigenvalue weighted by atomic mass is 10.3. The number of hydrogen-bond donors (Lipinski definition) is 2. The van der Waals surface area contributed by atoms with Crippen LogP contribution in [-0.4, -0.2) is 12.6 Å². The fourth-order valence-electron chi connectivity index (χ4n) is 0.805. The third-order valence-electron chi connectivity index (χ3n) is 1.61. The van der Waals surface area contributed by atoms with Gasteiger partial charge in [0.25, 0.3) is 0 Å². The van der Waals surface area contributed by atoms with Gasteiger partial charge in [-0.05, 0) is 35.0 Å². The topological polar surface area (TPSA) is 51.2 Å². The highest BCUT2D eigenvalue weighted by Crippen LogP contribution is 2.13. The minimum atomic E-state index is 0.328. The molecule has 0 fully saturated rings. The van der Waals surface area contributed by atoms with Crippen molar-refractivity contribution in [2.45, 2.75) is 19.5 Å². The van der Waals surface area contributed by atoms with Gasteiger partial charge in [0.2, 0.25) is 0 Å². The molecule has 1 heterocycles. The molecule has 1 rings (SSSR count). The Bertz CT molecular complexity index is 237. The minimum Gasteiger partial charge on any atom is -0.453 e. The second-order valence-corrected chi connectivity index (χ2v) is 3.51. The van der Waals surface area contributed by atoms with Crippen molar-refractivity contribution in [1.29, 1.82) is 0 Å². The van der Waals surface area contributed by atoms with Gasteiger partial charge in [0, 0.05) is 12.6 Å². The highest BCUT2D eigenvalue weighted by Gasteiger charge is 2.01. The average molecular weight is 233 g/mol. The molecule has 0 aliphatic rings. The van der Waals surface area contributed by atoms with E-state index >= 15 is 0 Å². The summed E-state index contributed by atoms with van der Waals surface area (Å²) in [5.41, 5.74) is 5.44. The fourth-order valence-corrected chi connectivity index (χ4v) is 1.14. The molecule has 1 atom stereocenters. The normalized spacial score (nSPS) is 13.2. The van der Waals surface area contributed by atoms with Gasteiger partial charge in [0.15, 0.2) is 4.67 Å². The van der Waals surface area contributed by atoms with Crippen LogP contribution in [0.3, 0.4) is 0 Å². The van der Waals surface area contributed by atoms with Crippen LogP contribution < -0.4 is 11.1 Å². The summed E-state index contributed by atoms with van der Waals surface area (Å²) in [6.07, 6.45) is 0. The molecule has 0 aromatic carbocycles. The minimum absolute atomic E-state index is 0.328. The SMILES string of the molecule is C[C@@H](CN)NCc1ccc(Br)o1. The maximum absolute atomic E-state index is 5.44. The number of halogens is 1. The standard InChI is InChI=1S/C8H13BrN2O/c1-6(4-10)11-5-7-2-3-8(9)12-7/h2-3,6,11H,4-5,10H2,1H3/t6-/m0/s1. The zero-order chi connectivity index (χ0) is 8.97. The van der Waals surface area contributed by atoms with Crippen molar-refractivity contribution in [3.8, 4) is 0 Å². The molecule has 0 aliphatic carbocycles. The van der Waals surface area contributed by atoms with E-state index in [-0.39, 0.29) is 0 Å². The van der Waals surface area contributed by atoms with Crippen LogP contribution in [0.15, 0.2) is 21.2 Å². The van der Waals surface area contributed by atoms with E-state index in [0.29, 0.717) is 12.6 Å². The highest BCUT2D eigenvalue weighted by molar-refractivity contribution is 9.10. The number of hydrogen-bond acceptors (Lipinski definition) is 3. The molecule has 0 saturated heterocycles. The summed E-state index contributed by atoms with van der Waals surface area (Å²) in [7, 11) is 0. The van der Waals surface area contributed by atoms with Crippen LogP contribution in [0.5, 0.6) is 0 Å². The molecule has 0 amide bonds. The molecular weight excluding hydrogens is 220 g/mol. The van der Waals surface area contributed by atoms with E-state index < -0.39 is 0 Å². The Morgan fingerprint density at radius 1 is 1.67 bits per heavy atom. The predicted octanol–water partition coefficient (Wildman–Crippen LogP) is 1.48. The first-order valence-corrected chi connectivity index (χ1v) is 4.69. The molecule has 68 valence electrons. The van der Waals surface area contributed by atoms with Gasteiger partial charge in [-0.1, -0.05) is 0 Å². The average Bonchev–Trinajstić information content (AvgIpc) is 2.47. The third-order valence-corrected chi connectivity index (χ3v) is 2.03. The number of nitrogens with two attached hydrogens (primary N) is 1. The Labute approximate surface area is 80.4 Å². The van der Waals surface area contributed by atoms with Crippen LogP contribution >= 0.6 is 15.9 Å². The second-order valence-electron chi connectivity index (χ2n) is 2.72. The Balaban J connectivity index is 2.33. The summed E-state index contributed by atoms with van der Waals surface area (Å²) in [5.74, 6) is 0.919. The van der Waals surface area contributed by atoms with Crippen molar-refractivity contribution < 1.29 is 4.42 Å². The summed E-state index contributed by atoms with van der Waals surface area (Å²) in [4.78, 5) is 0. The van der Waals surface area contributed by atoms with Crippen LogP contribution in [0.4, 0.5) is 0 Å². The third kappa shape index (κ3) is 2.97. The summed E-state index contributed by atoms with van der Waals surface area (Å²) in [6.45, 7) is 3.41. The van der Waals surface area contributed by atoms with Crippen LogP contribution in [0.1, 0.15) is 12.7 Å². The molecule has 0 aliphatic heterocycles. The largest absolute Gasteiger partial charge is 0.453 e. The quantitative estimate of drug-likeness (QED) is 0.828. The van der Waals surface area contributed by atoms with E-state index in [1.54, 1.807) is 0 Å². The lowest BCUT2D eigenvalue weighted by molar-refractivity contribution is 0.444. The lowest BCUT2D eigenvalue weighted by Gasteiger charge is -2.08. The monoisotopic (exact) mass is 232 g/mol. The highest BCUT2D eigenvalue weighted by atomic mass is 79.9. The Hall–Kier alpha value is -0.320. The molecule has 0 saturated carbocycles. The van der Waals surface area contributed by atoms with Gasteiger partial charge < -0.3 is 15.5 Å². The maximum atomic E-state index is 5.44. The molecule has 12 heavy (non-hydrogen) atoms. The van der Waals surface area contributed by atoms with Gasteiger partial charge in [0.1, 0.15) is 5.76 Å². The van der Waals surface area contributed by atoms with E-state index in [2.05, 4.69) is 21.2 Å². The van der Waals surface area contributed by atoms with Crippen LogP contribution in [0.25, 0.3) is 0 Å². The number of furan rings is 1. The first-order chi connectivity index (χ1) is 5.72.